The van der Waals surface area contributed by atoms with E-state index in [1.54, 1.807) is 0 Å². The number of hydrogen-bond acceptors (Lipinski definition) is 4. The van der Waals surface area contributed by atoms with Crippen LogP contribution in [0.2, 0.25) is 0 Å². The topological polar surface area (TPSA) is 87.7 Å². The molecule has 1 unspecified atom stereocenters. The van der Waals surface area contributed by atoms with Gasteiger partial charge in [0.2, 0.25) is 11.8 Å². The number of likely N-dealkylation sites (tertiary alicyclic amines) is 1. The van der Waals surface area contributed by atoms with Crippen molar-refractivity contribution in [3.8, 4) is 0 Å². The third kappa shape index (κ3) is 7.44. The average molecular weight is 424 g/mol. The highest BCUT2D eigenvalue weighted by Gasteiger charge is 2.25. The smallest absolute Gasteiger partial charge is 0.407 e. The fourth-order valence-corrected chi connectivity index (χ4v) is 3.52. The lowest BCUT2D eigenvalue weighted by Gasteiger charge is -2.25. The lowest BCUT2D eigenvalue weighted by molar-refractivity contribution is -0.129. The van der Waals surface area contributed by atoms with E-state index in [1.165, 1.54) is 0 Å². The monoisotopic (exact) mass is 423 g/mol. The van der Waals surface area contributed by atoms with Crippen molar-refractivity contribution in [2.75, 3.05) is 19.6 Å². The highest BCUT2D eigenvalue weighted by Crippen LogP contribution is 2.18. The number of nitrogens with one attached hydrogen (secondary N) is 2. The van der Waals surface area contributed by atoms with Gasteiger partial charge in [0.1, 0.15) is 6.61 Å². The summed E-state index contributed by atoms with van der Waals surface area (Å²) in [6.07, 6.45) is 1.70. The first-order valence-corrected chi connectivity index (χ1v) is 10.7. The number of carbonyl (C=O) groups excluding carboxylic acids is 3. The van der Waals surface area contributed by atoms with E-state index in [1.807, 2.05) is 65.6 Å². The van der Waals surface area contributed by atoms with Gasteiger partial charge in [-0.1, -0.05) is 60.7 Å². The van der Waals surface area contributed by atoms with Gasteiger partial charge in [-0.3, -0.25) is 9.59 Å². The summed E-state index contributed by atoms with van der Waals surface area (Å²) in [5, 5.41) is 5.70. The van der Waals surface area contributed by atoms with E-state index in [0.29, 0.717) is 25.9 Å². The van der Waals surface area contributed by atoms with Crippen molar-refractivity contribution in [2.45, 2.75) is 38.3 Å². The van der Waals surface area contributed by atoms with Gasteiger partial charge in [0.05, 0.1) is 6.04 Å². The molecular weight excluding hydrogens is 394 g/mol. The maximum absolute atomic E-state index is 12.5. The zero-order chi connectivity index (χ0) is 21.9. The van der Waals surface area contributed by atoms with Gasteiger partial charge in [0.15, 0.2) is 0 Å². The second kappa shape index (κ2) is 11.7. The molecule has 164 valence electrons. The molecule has 2 aromatic rings. The van der Waals surface area contributed by atoms with Crippen molar-refractivity contribution in [2.24, 2.45) is 0 Å². The van der Waals surface area contributed by atoms with E-state index in [-0.39, 0.29) is 30.9 Å². The van der Waals surface area contributed by atoms with Crippen LogP contribution in [0.3, 0.4) is 0 Å². The Labute approximate surface area is 182 Å². The van der Waals surface area contributed by atoms with Crippen molar-refractivity contribution in [1.82, 2.24) is 15.5 Å². The summed E-state index contributed by atoms with van der Waals surface area (Å²) in [5.74, 6) is 0.0216. The van der Waals surface area contributed by atoms with E-state index in [2.05, 4.69) is 10.6 Å². The van der Waals surface area contributed by atoms with Gasteiger partial charge < -0.3 is 20.3 Å². The lowest BCUT2D eigenvalue weighted by Crippen LogP contribution is -2.38. The van der Waals surface area contributed by atoms with Gasteiger partial charge >= 0.3 is 6.09 Å². The minimum absolute atomic E-state index is 0.111. The van der Waals surface area contributed by atoms with Gasteiger partial charge in [0.25, 0.3) is 0 Å². The number of amides is 3. The molecule has 0 spiro atoms. The Balaban J connectivity index is 1.39. The molecule has 1 fully saturated rings. The van der Waals surface area contributed by atoms with Gasteiger partial charge in [-0.25, -0.2) is 4.79 Å². The normalized spacial score (nSPS) is 14.2. The minimum Gasteiger partial charge on any atom is -0.445 e. The molecule has 7 heteroatoms. The Morgan fingerprint density at radius 1 is 1.03 bits per heavy atom. The van der Waals surface area contributed by atoms with Crippen LogP contribution >= 0.6 is 0 Å². The third-order valence-corrected chi connectivity index (χ3v) is 5.17. The lowest BCUT2D eigenvalue weighted by atomic mass is 10.1. The van der Waals surface area contributed by atoms with E-state index in [9.17, 15) is 14.4 Å². The largest absolute Gasteiger partial charge is 0.445 e. The molecule has 1 heterocycles. The standard InChI is InChI=1S/C24H29N3O4/c28-22(13-7-15-25-24(30)31-18-19-9-3-1-4-10-19)26-21(20-11-5-2-6-12-20)17-27-16-8-14-23(27)29/h1-6,9-12,21H,7-8,13-18H2,(H,25,30)(H,26,28). The van der Waals surface area contributed by atoms with Crippen LogP contribution in [0.25, 0.3) is 0 Å². The molecule has 1 aliphatic rings. The number of benzene rings is 2. The average Bonchev–Trinajstić information content (AvgIpc) is 3.20. The van der Waals surface area contributed by atoms with Gasteiger partial charge in [-0.2, -0.15) is 0 Å². The Morgan fingerprint density at radius 3 is 2.42 bits per heavy atom. The Hall–Kier alpha value is -3.35. The SMILES string of the molecule is O=C(CCCNC(=O)OCc1ccccc1)NC(CN1CCCC1=O)c1ccccc1. The van der Waals surface area contributed by atoms with Crippen LogP contribution in [0.5, 0.6) is 0 Å². The third-order valence-electron chi connectivity index (χ3n) is 5.17. The van der Waals surface area contributed by atoms with Gasteiger partial charge in [-0.05, 0) is 24.0 Å². The first-order chi connectivity index (χ1) is 15.1. The number of carbonyl (C=O) groups is 3. The molecule has 0 radical (unpaired) electrons. The molecular formula is C24H29N3O4. The van der Waals surface area contributed by atoms with Crippen LogP contribution in [0.15, 0.2) is 60.7 Å². The molecule has 0 aromatic heterocycles. The summed E-state index contributed by atoms with van der Waals surface area (Å²) in [6.45, 7) is 1.76. The Kier molecular flexibility index (Phi) is 8.46. The summed E-state index contributed by atoms with van der Waals surface area (Å²) < 4.78 is 5.15. The first kappa shape index (κ1) is 22.3. The zero-order valence-corrected chi connectivity index (χ0v) is 17.6. The van der Waals surface area contributed by atoms with E-state index >= 15 is 0 Å². The van der Waals surface area contributed by atoms with Gasteiger partial charge in [-0.15, -0.1) is 0 Å². The number of nitrogens with zero attached hydrogens (tertiary/aromatic N) is 1. The highest BCUT2D eigenvalue weighted by atomic mass is 16.5. The van der Waals surface area contributed by atoms with Crippen LogP contribution in [0.4, 0.5) is 4.79 Å². The predicted octanol–water partition coefficient (Wildman–Crippen LogP) is 3.17. The molecule has 2 N–H and O–H groups in total. The molecule has 0 saturated carbocycles. The quantitative estimate of drug-likeness (QED) is 0.575. The molecule has 1 aliphatic heterocycles. The van der Waals surface area contributed by atoms with E-state index in [0.717, 1.165) is 24.1 Å². The number of hydrogen-bond donors (Lipinski definition) is 2. The minimum atomic E-state index is -0.501. The van der Waals surface area contributed by atoms with E-state index in [4.69, 9.17) is 4.74 Å². The highest BCUT2D eigenvalue weighted by molar-refractivity contribution is 5.79. The Morgan fingerprint density at radius 2 is 1.74 bits per heavy atom. The maximum atomic E-state index is 12.5. The summed E-state index contributed by atoms with van der Waals surface area (Å²) in [5.41, 5.74) is 1.89. The second-order valence-corrected chi connectivity index (χ2v) is 7.57. The number of rotatable bonds is 10. The fraction of sp³-hybridized carbons (Fsp3) is 0.375. The van der Waals surface area contributed by atoms with Crippen molar-refractivity contribution in [1.29, 1.82) is 0 Å². The summed E-state index contributed by atoms with van der Waals surface area (Å²) in [6, 6.07) is 18.9. The molecule has 2 aromatic carbocycles. The molecule has 1 saturated heterocycles. The second-order valence-electron chi connectivity index (χ2n) is 7.57. The molecule has 31 heavy (non-hydrogen) atoms. The summed E-state index contributed by atoms with van der Waals surface area (Å²) in [4.78, 5) is 38.1. The van der Waals surface area contributed by atoms with Crippen molar-refractivity contribution in [3.63, 3.8) is 0 Å². The summed E-state index contributed by atoms with van der Waals surface area (Å²) in [7, 11) is 0. The summed E-state index contributed by atoms with van der Waals surface area (Å²) >= 11 is 0. The van der Waals surface area contributed by atoms with Crippen LogP contribution in [-0.4, -0.2) is 42.4 Å². The van der Waals surface area contributed by atoms with Crippen LogP contribution in [0.1, 0.15) is 42.9 Å². The van der Waals surface area contributed by atoms with Crippen molar-refractivity contribution in [3.05, 3.63) is 71.8 Å². The van der Waals surface area contributed by atoms with Crippen LogP contribution in [0, 0.1) is 0 Å². The van der Waals surface area contributed by atoms with Crippen molar-refractivity contribution >= 4 is 17.9 Å². The van der Waals surface area contributed by atoms with Gasteiger partial charge in [0, 0.05) is 32.5 Å². The van der Waals surface area contributed by atoms with Crippen molar-refractivity contribution < 1.29 is 19.1 Å². The number of ether oxygens (including phenoxy) is 1. The molecule has 0 bridgehead atoms. The maximum Gasteiger partial charge on any atom is 0.407 e. The molecule has 3 rings (SSSR count). The fourth-order valence-electron chi connectivity index (χ4n) is 3.52. The molecule has 3 amide bonds. The van der Waals surface area contributed by atoms with Crippen LogP contribution in [-0.2, 0) is 20.9 Å². The zero-order valence-electron chi connectivity index (χ0n) is 17.6. The number of alkyl carbamates (subject to hydrolysis) is 1. The van der Waals surface area contributed by atoms with E-state index < -0.39 is 6.09 Å². The molecule has 7 nitrogen and oxygen atoms in total. The predicted molar refractivity (Wildman–Crippen MR) is 117 cm³/mol. The Bertz CT molecular complexity index is 858. The molecule has 1 atom stereocenters. The molecule has 0 aliphatic carbocycles. The first-order valence-electron chi connectivity index (χ1n) is 10.7. The van der Waals surface area contributed by atoms with Crippen LogP contribution < -0.4 is 10.6 Å².